The van der Waals surface area contributed by atoms with Gasteiger partial charge in [0.2, 0.25) is 5.75 Å². The van der Waals surface area contributed by atoms with Gasteiger partial charge in [0.05, 0.1) is 10.8 Å². The zero-order chi connectivity index (χ0) is 19.4. The third-order valence-corrected chi connectivity index (χ3v) is 4.35. The van der Waals surface area contributed by atoms with Crippen LogP contribution < -0.4 is 0 Å². The minimum Gasteiger partial charge on any atom is -0.504 e. The summed E-state index contributed by atoms with van der Waals surface area (Å²) in [5.41, 5.74) is 0.977. The summed E-state index contributed by atoms with van der Waals surface area (Å²) >= 11 is 0. The van der Waals surface area contributed by atoms with Crippen LogP contribution >= 0.6 is 0 Å². The first kappa shape index (κ1) is 18.1. The number of phenolic OH excluding ortho intramolecular Hbond substituents is 2. The van der Waals surface area contributed by atoms with Crippen LogP contribution in [0.5, 0.6) is 11.5 Å². The van der Waals surface area contributed by atoms with Gasteiger partial charge >= 0.3 is 5.69 Å². The number of ketones is 1. The average molecular weight is 363 g/mol. The van der Waals surface area contributed by atoms with Crippen LogP contribution in [-0.2, 0) is 6.42 Å². The fourth-order valence-electron chi connectivity index (χ4n) is 2.98. The highest BCUT2D eigenvalue weighted by molar-refractivity contribution is 6.02. The quantitative estimate of drug-likeness (QED) is 0.296. The predicted molar refractivity (Wildman–Crippen MR) is 100 cm³/mol. The minimum absolute atomic E-state index is 0.0261. The van der Waals surface area contributed by atoms with Crippen LogP contribution in [0.15, 0.2) is 72.8 Å². The molecule has 0 aliphatic rings. The van der Waals surface area contributed by atoms with Gasteiger partial charge in [0.15, 0.2) is 11.5 Å². The van der Waals surface area contributed by atoms with Crippen molar-refractivity contribution < 1.29 is 19.9 Å². The van der Waals surface area contributed by atoms with Crippen molar-refractivity contribution in [1.29, 1.82) is 0 Å². The van der Waals surface area contributed by atoms with E-state index in [1.165, 1.54) is 0 Å². The summed E-state index contributed by atoms with van der Waals surface area (Å²) in [7, 11) is 0. The number of carbonyl (C=O) groups excluding carboxylic acids is 1. The van der Waals surface area contributed by atoms with Gasteiger partial charge in [-0.1, -0.05) is 60.7 Å². The minimum atomic E-state index is -0.851. The van der Waals surface area contributed by atoms with E-state index in [4.69, 9.17) is 0 Å². The molecule has 3 rings (SSSR count). The second kappa shape index (κ2) is 7.70. The highest BCUT2D eigenvalue weighted by Crippen LogP contribution is 2.37. The Kier molecular flexibility index (Phi) is 5.17. The molecule has 0 saturated heterocycles. The Morgan fingerprint density at radius 1 is 0.963 bits per heavy atom. The van der Waals surface area contributed by atoms with Gasteiger partial charge in [-0.2, -0.15) is 0 Å². The third kappa shape index (κ3) is 3.95. The molecule has 27 heavy (non-hydrogen) atoms. The largest absolute Gasteiger partial charge is 0.504 e. The van der Waals surface area contributed by atoms with Crippen molar-refractivity contribution in [3.05, 3.63) is 99.6 Å². The Morgan fingerprint density at radius 3 is 2.15 bits per heavy atom. The Balaban J connectivity index is 2.05. The Labute approximate surface area is 155 Å². The highest BCUT2D eigenvalue weighted by atomic mass is 16.6. The van der Waals surface area contributed by atoms with E-state index in [2.05, 4.69) is 0 Å². The molecule has 0 heterocycles. The van der Waals surface area contributed by atoms with Crippen molar-refractivity contribution in [2.24, 2.45) is 0 Å². The number of phenols is 2. The molecule has 0 fully saturated rings. The van der Waals surface area contributed by atoms with Crippen molar-refractivity contribution in [1.82, 2.24) is 0 Å². The molecule has 136 valence electrons. The fraction of sp³-hybridized carbons (Fsp3) is 0.0952. The maximum absolute atomic E-state index is 13.2. The van der Waals surface area contributed by atoms with Crippen LogP contribution in [0.1, 0.15) is 27.4 Å². The molecule has 6 heteroatoms. The summed E-state index contributed by atoms with van der Waals surface area (Å²) in [6.45, 7) is 0. The molecule has 1 atom stereocenters. The zero-order valence-corrected chi connectivity index (χ0v) is 14.3. The van der Waals surface area contributed by atoms with Crippen LogP contribution in [-0.4, -0.2) is 20.9 Å². The van der Waals surface area contributed by atoms with Crippen LogP contribution in [0.2, 0.25) is 0 Å². The number of rotatable bonds is 6. The van der Waals surface area contributed by atoms with Gasteiger partial charge < -0.3 is 10.2 Å². The summed E-state index contributed by atoms with van der Waals surface area (Å²) in [4.78, 5) is 23.4. The van der Waals surface area contributed by atoms with Gasteiger partial charge in [0.1, 0.15) is 0 Å². The monoisotopic (exact) mass is 363 g/mol. The first-order valence-corrected chi connectivity index (χ1v) is 8.31. The van der Waals surface area contributed by atoms with Crippen LogP contribution in [0, 0.1) is 10.1 Å². The van der Waals surface area contributed by atoms with Crippen molar-refractivity contribution in [3.8, 4) is 11.5 Å². The van der Waals surface area contributed by atoms with Crippen molar-refractivity contribution in [2.75, 3.05) is 0 Å². The summed E-state index contributed by atoms with van der Waals surface area (Å²) in [5.74, 6) is -2.50. The van der Waals surface area contributed by atoms with E-state index in [0.29, 0.717) is 6.42 Å². The number of aromatic hydroxyl groups is 2. The van der Waals surface area contributed by atoms with E-state index in [1.54, 1.807) is 0 Å². The Bertz CT molecular complexity index is 971. The molecule has 2 N–H and O–H groups in total. The number of nitrogens with zero attached hydrogens (tertiary/aromatic N) is 1. The van der Waals surface area contributed by atoms with Crippen LogP contribution in [0.25, 0.3) is 0 Å². The lowest BCUT2D eigenvalue weighted by Gasteiger charge is -2.17. The number of Topliss-reactive ketones (excluding diaryl/α,β-unsaturated/α-hetero) is 1. The van der Waals surface area contributed by atoms with Gasteiger partial charge in [-0.25, -0.2) is 0 Å². The standard InChI is InChI=1S/C21H17NO5/c23-19-13-16(12-18(21(19)25)22(26)27)20(24)17(15-9-5-2-6-10-15)11-14-7-3-1-4-8-14/h1-10,12-13,17,23,25H,11H2. The van der Waals surface area contributed by atoms with E-state index in [-0.39, 0.29) is 11.3 Å². The van der Waals surface area contributed by atoms with Crippen molar-refractivity contribution >= 4 is 11.5 Å². The number of carbonyl (C=O) groups is 1. The summed E-state index contributed by atoms with van der Waals surface area (Å²) in [6, 6.07) is 20.6. The summed E-state index contributed by atoms with van der Waals surface area (Å²) in [5, 5.41) is 30.6. The molecule has 0 aromatic heterocycles. The molecule has 3 aromatic carbocycles. The Hall–Kier alpha value is -3.67. The molecule has 0 bridgehead atoms. The third-order valence-electron chi connectivity index (χ3n) is 4.35. The van der Waals surface area contributed by atoms with E-state index in [1.807, 2.05) is 60.7 Å². The molecule has 0 spiro atoms. The second-order valence-electron chi connectivity index (χ2n) is 6.14. The zero-order valence-electron chi connectivity index (χ0n) is 14.3. The lowest BCUT2D eigenvalue weighted by Crippen LogP contribution is -2.16. The van der Waals surface area contributed by atoms with E-state index in [9.17, 15) is 25.1 Å². The van der Waals surface area contributed by atoms with Gasteiger partial charge in [-0.3, -0.25) is 14.9 Å². The molecule has 0 aliphatic carbocycles. The van der Waals surface area contributed by atoms with Gasteiger partial charge in [0.25, 0.3) is 0 Å². The molecular formula is C21H17NO5. The number of hydrogen-bond acceptors (Lipinski definition) is 5. The molecule has 0 amide bonds. The lowest BCUT2D eigenvalue weighted by molar-refractivity contribution is -0.386. The van der Waals surface area contributed by atoms with Crippen LogP contribution in [0.4, 0.5) is 5.69 Å². The second-order valence-corrected chi connectivity index (χ2v) is 6.14. The molecular weight excluding hydrogens is 346 g/mol. The number of benzene rings is 3. The topological polar surface area (TPSA) is 101 Å². The maximum Gasteiger partial charge on any atom is 0.315 e. The van der Waals surface area contributed by atoms with Crippen molar-refractivity contribution in [3.63, 3.8) is 0 Å². The molecule has 1 unspecified atom stereocenters. The first-order chi connectivity index (χ1) is 13.0. The number of nitro benzene ring substituents is 1. The summed E-state index contributed by atoms with van der Waals surface area (Å²) < 4.78 is 0. The normalized spacial score (nSPS) is 11.7. The smallest absolute Gasteiger partial charge is 0.315 e. The Morgan fingerprint density at radius 2 is 1.56 bits per heavy atom. The summed E-state index contributed by atoms with van der Waals surface area (Å²) in [6.07, 6.45) is 0.402. The maximum atomic E-state index is 13.2. The lowest BCUT2D eigenvalue weighted by atomic mass is 9.85. The van der Waals surface area contributed by atoms with E-state index < -0.39 is 28.0 Å². The van der Waals surface area contributed by atoms with Gasteiger partial charge in [0, 0.05) is 11.6 Å². The SMILES string of the molecule is O=C(c1cc(O)c(O)c([N+](=O)[O-])c1)C(Cc1ccccc1)c1ccccc1. The van der Waals surface area contributed by atoms with Gasteiger partial charge in [-0.15, -0.1) is 0 Å². The predicted octanol–water partition coefficient (Wildman–Crippen LogP) is 4.22. The van der Waals surface area contributed by atoms with Crippen molar-refractivity contribution in [2.45, 2.75) is 12.3 Å². The van der Waals surface area contributed by atoms with E-state index in [0.717, 1.165) is 23.3 Å². The molecule has 3 aromatic rings. The number of hydrogen-bond donors (Lipinski definition) is 2. The highest BCUT2D eigenvalue weighted by Gasteiger charge is 2.27. The average Bonchev–Trinajstić information content (AvgIpc) is 2.69. The molecule has 0 aliphatic heterocycles. The molecule has 0 saturated carbocycles. The fourth-order valence-corrected chi connectivity index (χ4v) is 2.98. The van der Waals surface area contributed by atoms with E-state index >= 15 is 0 Å². The van der Waals surface area contributed by atoms with Crippen LogP contribution in [0.3, 0.4) is 0 Å². The number of nitro groups is 1. The first-order valence-electron chi connectivity index (χ1n) is 8.31. The van der Waals surface area contributed by atoms with Gasteiger partial charge in [-0.05, 0) is 23.6 Å². The molecule has 6 nitrogen and oxygen atoms in total. The molecule has 0 radical (unpaired) electrons.